The maximum Gasteiger partial charge on any atom is 0.317 e. The molecule has 1 fully saturated rings. The van der Waals surface area contributed by atoms with Gasteiger partial charge in [0.15, 0.2) is 0 Å². The van der Waals surface area contributed by atoms with Crippen LogP contribution in [0.25, 0.3) is 0 Å². The fourth-order valence-electron chi connectivity index (χ4n) is 3.65. The number of rotatable bonds is 3. The Bertz CT molecular complexity index is 691. The van der Waals surface area contributed by atoms with E-state index in [1.54, 1.807) is 4.90 Å². The Labute approximate surface area is 146 Å². The first-order valence-electron chi connectivity index (χ1n) is 8.59. The minimum absolute atomic E-state index is 0.0875. The van der Waals surface area contributed by atoms with Crippen LogP contribution < -0.4 is 10.2 Å². The number of carbonyl (C=O) groups is 3. The summed E-state index contributed by atoms with van der Waals surface area (Å²) < 4.78 is 0. The standard InChI is InChI=1S/C18H23N3O4/c1-12-8-14(17(23)24)11-20(10-12)18(25)19-9-16(22)21-7-6-13-4-2-3-5-15(13)21/h2-5,12,14H,6-11H2,1H3,(H,19,25)(H,23,24). The number of anilines is 1. The minimum Gasteiger partial charge on any atom is -0.481 e. The van der Waals surface area contributed by atoms with Crippen molar-refractivity contribution in [1.82, 2.24) is 10.2 Å². The number of carboxylic acids is 1. The zero-order valence-electron chi connectivity index (χ0n) is 14.3. The Morgan fingerprint density at radius 2 is 2.00 bits per heavy atom. The number of aliphatic carboxylic acids is 1. The predicted octanol–water partition coefficient (Wildman–Crippen LogP) is 1.33. The SMILES string of the molecule is CC1CC(C(=O)O)CN(C(=O)NCC(=O)N2CCc3ccccc32)C1. The molecule has 25 heavy (non-hydrogen) atoms. The Morgan fingerprint density at radius 1 is 1.24 bits per heavy atom. The highest BCUT2D eigenvalue weighted by Gasteiger charge is 2.32. The third kappa shape index (κ3) is 3.75. The van der Waals surface area contributed by atoms with E-state index in [4.69, 9.17) is 0 Å². The third-order valence-corrected chi connectivity index (χ3v) is 4.88. The fourth-order valence-corrected chi connectivity index (χ4v) is 3.65. The Morgan fingerprint density at radius 3 is 2.76 bits per heavy atom. The van der Waals surface area contributed by atoms with E-state index in [9.17, 15) is 19.5 Å². The number of urea groups is 1. The van der Waals surface area contributed by atoms with Gasteiger partial charge in [0.25, 0.3) is 0 Å². The second kappa shape index (κ2) is 7.13. The van der Waals surface area contributed by atoms with Gasteiger partial charge in [0.05, 0.1) is 12.5 Å². The van der Waals surface area contributed by atoms with E-state index in [0.717, 1.165) is 17.7 Å². The molecular weight excluding hydrogens is 322 g/mol. The van der Waals surface area contributed by atoms with E-state index in [2.05, 4.69) is 5.32 Å². The van der Waals surface area contributed by atoms with Crippen molar-refractivity contribution in [1.29, 1.82) is 0 Å². The first-order chi connectivity index (χ1) is 12.0. The maximum atomic E-state index is 12.4. The number of hydrogen-bond donors (Lipinski definition) is 2. The number of amides is 3. The molecule has 1 saturated heterocycles. The number of carboxylic acid groups (broad SMARTS) is 1. The lowest BCUT2D eigenvalue weighted by molar-refractivity contribution is -0.143. The van der Waals surface area contributed by atoms with Crippen LogP contribution in [-0.2, 0) is 16.0 Å². The number of benzene rings is 1. The lowest BCUT2D eigenvalue weighted by Crippen LogP contribution is -2.51. The molecule has 2 atom stereocenters. The number of piperidine rings is 1. The predicted molar refractivity (Wildman–Crippen MR) is 92.4 cm³/mol. The molecule has 0 bridgehead atoms. The molecule has 0 spiro atoms. The molecule has 1 aromatic carbocycles. The normalized spacial score (nSPS) is 22.4. The highest BCUT2D eigenvalue weighted by molar-refractivity contribution is 5.98. The second-order valence-electron chi connectivity index (χ2n) is 6.86. The summed E-state index contributed by atoms with van der Waals surface area (Å²) >= 11 is 0. The van der Waals surface area contributed by atoms with Gasteiger partial charge in [-0.3, -0.25) is 9.59 Å². The van der Waals surface area contributed by atoms with Gasteiger partial charge in [-0.1, -0.05) is 25.1 Å². The summed E-state index contributed by atoms with van der Waals surface area (Å²) in [6, 6.07) is 7.38. The van der Waals surface area contributed by atoms with Crippen molar-refractivity contribution in [2.45, 2.75) is 19.8 Å². The van der Waals surface area contributed by atoms with Crippen LogP contribution in [0, 0.1) is 11.8 Å². The largest absolute Gasteiger partial charge is 0.481 e. The number of nitrogens with zero attached hydrogens (tertiary/aromatic N) is 2. The molecule has 1 aromatic rings. The molecule has 0 aromatic heterocycles. The number of likely N-dealkylation sites (tertiary alicyclic amines) is 1. The van der Waals surface area contributed by atoms with Crippen LogP contribution >= 0.6 is 0 Å². The summed E-state index contributed by atoms with van der Waals surface area (Å²) in [5.41, 5.74) is 2.04. The maximum absolute atomic E-state index is 12.4. The van der Waals surface area contributed by atoms with Crippen LogP contribution in [0.4, 0.5) is 10.5 Å². The van der Waals surface area contributed by atoms with Crippen LogP contribution in [0.15, 0.2) is 24.3 Å². The van der Waals surface area contributed by atoms with Crippen LogP contribution in [-0.4, -0.2) is 54.1 Å². The van der Waals surface area contributed by atoms with Gasteiger partial charge in [-0.05, 0) is 30.4 Å². The lowest BCUT2D eigenvalue weighted by Gasteiger charge is -2.34. The van der Waals surface area contributed by atoms with Gasteiger partial charge in [0.2, 0.25) is 5.91 Å². The number of para-hydroxylation sites is 1. The molecule has 0 radical (unpaired) electrons. The molecule has 0 aliphatic carbocycles. The summed E-state index contributed by atoms with van der Waals surface area (Å²) in [4.78, 5) is 39.2. The van der Waals surface area contributed by atoms with E-state index in [1.165, 1.54) is 4.90 Å². The number of fused-ring (bicyclic) bond motifs is 1. The average Bonchev–Trinajstić information content (AvgIpc) is 3.03. The van der Waals surface area contributed by atoms with Crippen LogP contribution in [0.5, 0.6) is 0 Å². The van der Waals surface area contributed by atoms with E-state index in [0.29, 0.717) is 19.5 Å². The van der Waals surface area contributed by atoms with Gasteiger partial charge >= 0.3 is 12.0 Å². The minimum atomic E-state index is -0.880. The first kappa shape index (κ1) is 17.3. The molecule has 2 aliphatic rings. The van der Waals surface area contributed by atoms with Crippen LogP contribution in [0.2, 0.25) is 0 Å². The van der Waals surface area contributed by atoms with Gasteiger partial charge < -0.3 is 20.2 Å². The van der Waals surface area contributed by atoms with E-state index < -0.39 is 11.9 Å². The van der Waals surface area contributed by atoms with Crippen molar-refractivity contribution in [2.24, 2.45) is 11.8 Å². The third-order valence-electron chi connectivity index (χ3n) is 4.88. The molecule has 2 N–H and O–H groups in total. The number of nitrogens with one attached hydrogen (secondary N) is 1. The summed E-state index contributed by atoms with van der Waals surface area (Å²) in [6.45, 7) is 3.16. The van der Waals surface area contributed by atoms with E-state index in [1.807, 2.05) is 31.2 Å². The van der Waals surface area contributed by atoms with Crippen molar-refractivity contribution in [3.63, 3.8) is 0 Å². The van der Waals surface area contributed by atoms with Crippen molar-refractivity contribution >= 4 is 23.6 Å². The summed E-state index contributed by atoms with van der Waals surface area (Å²) in [5.74, 6) is -1.45. The van der Waals surface area contributed by atoms with Crippen molar-refractivity contribution in [2.75, 3.05) is 31.1 Å². The summed E-state index contributed by atoms with van der Waals surface area (Å²) in [7, 11) is 0. The fraction of sp³-hybridized carbons (Fsp3) is 0.500. The van der Waals surface area contributed by atoms with Crippen molar-refractivity contribution < 1.29 is 19.5 Å². The molecule has 7 heteroatoms. The summed E-state index contributed by atoms with van der Waals surface area (Å²) in [5, 5.41) is 11.8. The smallest absolute Gasteiger partial charge is 0.317 e. The zero-order chi connectivity index (χ0) is 18.0. The van der Waals surface area contributed by atoms with Crippen molar-refractivity contribution in [3.8, 4) is 0 Å². The Kier molecular flexibility index (Phi) is 4.92. The molecule has 134 valence electrons. The van der Waals surface area contributed by atoms with Gasteiger partial charge in [0.1, 0.15) is 0 Å². The molecular formula is C18H23N3O4. The average molecular weight is 345 g/mol. The summed E-state index contributed by atoms with van der Waals surface area (Å²) in [6.07, 6.45) is 1.39. The van der Waals surface area contributed by atoms with Gasteiger partial charge in [0, 0.05) is 25.3 Å². The van der Waals surface area contributed by atoms with Gasteiger partial charge in [-0.25, -0.2) is 4.79 Å². The molecule has 2 aliphatic heterocycles. The Hall–Kier alpha value is -2.57. The number of hydrogen-bond acceptors (Lipinski definition) is 3. The topological polar surface area (TPSA) is 90.0 Å². The van der Waals surface area contributed by atoms with Crippen LogP contribution in [0.1, 0.15) is 18.9 Å². The quantitative estimate of drug-likeness (QED) is 0.865. The molecule has 3 amide bonds. The van der Waals surface area contributed by atoms with E-state index in [-0.39, 0.29) is 30.9 Å². The highest BCUT2D eigenvalue weighted by atomic mass is 16.4. The number of carbonyl (C=O) groups excluding carboxylic acids is 2. The molecule has 0 saturated carbocycles. The lowest BCUT2D eigenvalue weighted by atomic mass is 9.91. The Balaban J connectivity index is 1.55. The monoisotopic (exact) mass is 345 g/mol. The molecule has 7 nitrogen and oxygen atoms in total. The molecule has 2 unspecified atom stereocenters. The highest BCUT2D eigenvalue weighted by Crippen LogP contribution is 2.27. The molecule has 2 heterocycles. The zero-order valence-corrected chi connectivity index (χ0v) is 14.3. The second-order valence-corrected chi connectivity index (χ2v) is 6.86. The first-order valence-corrected chi connectivity index (χ1v) is 8.59. The van der Waals surface area contributed by atoms with Crippen molar-refractivity contribution in [3.05, 3.63) is 29.8 Å². The van der Waals surface area contributed by atoms with Gasteiger partial charge in [-0.15, -0.1) is 0 Å². The van der Waals surface area contributed by atoms with Gasteiger partial charge in [-0.2, -0.15) is 0 Å². The van der Waals surface area contributed by atoms with Crippen LogP contribution in [0.3, 0.4) is 0 Å². The molecule has 3 rings (SSSR count). The van der Waals surface area contributed by atoms with E-state index >= 15 is 0 Å².